The maximum atomic E-state index is 5.45. The van der Waals surface area contributed by atoms with Crippen LogP contribution in [0.1, 0.15) is 0 Å². The summed E-state index contributed by atoms with van der Waals surface area (Å²) in [6.07, 6.45) is 0. The van der Waals surface area contributed by atoms with E-state index in [4.69, 9.17) is 9.97 Å². The fraction of sp³-hybridized carbons (Fsp3) is 0. The number of para-hydroxylation sites is 4. The first-order valence-corrected chi connectivity index (χ1v) is 21.9. The smallest absolute Gasteiger partial charge is 0.221 e. The minimum atomic E-state index is 0.814. The van der Waals surface area contributed by atoms with E-state index in [0.717, 1.165) is 55.7 Å². The summed E-state index contributed by atoms with van der Waals surface area (Å²) in [7, 11) is 0. The molecule has 0 saturated carbocycles. The van der Waals surface area contributed by atoms with Gasteiger partial charge in [-0.2, -0.15) is 0 Å². The van der Waals surface area contributed by atoms with Crippen molar-refractivity contribution in [2.75, 3.05) is 0 Å². The Bertz CT molecular complexity index is 4270. The number of nitrogens with zero attached hydrogens (tertiary/aromatic N) is 4. The predicted octanol–water partition coefficient (Wildman–Crippen LogP) is 15.7. The highest BCUT2D eigenvalue weighted by Crippen LogP contribution is 2.46. The number of aromatic nitrogens is 4. The first-order chi connectivity index (χ1) is 31.7. The molecule has 0 aliphatic rings. The van der Waals surface area contributed by atoms with E-state index in [1.165, 1.54) is 76.1 Å². The molecule has 3 aromatic heterocycles. The number of imidazole rings is 1. The SMILES string of the molecule is c1ccc2cc(-c3c4ccccc4c(-c4ccc5ccccc5c4)c4cc(-c5ccc6c7ccccc7n(-c7nc8ccccc8c8nc9ccccc9n78)c6c5)ccc34)ccc2c1. The molecule has 11 aromatic carbocycles. The zero-order chi connectivity index (χ0) is 41.9. The lowest BCUT2D eigenvalue weighted by molar-refractivity contribution is 0.979. The molecule has 0 unspecified atom stereocenters. The summed E-state index contributed by atoms with van der Waals surface area (Å²) >= 11 is 0. The van der Waals surface area contributed by atoms with Crippen molar-refractivity contribution in [1.29, 1.82) is 0 Å². The molecular formula is C60H36N4. The quantitative estimate of drug-likeness (QED) is 0.166. The summed E-state index contributed by atoms with van der Waals surface area (Å²) in [5.74, 6) is 0.814. The van der Waals surface area contributed by atoms with Gasteiger partial charge in [-0.05, 0) is 131 Å². The van der Waals surface area contributed by atoms with Gasteiger partial charge in [0.2, 0.25) is 5.95 Å². The summed E-state index contributed by atoms with van der Waals surface area (Å²) in [5, 5.41) is 13.2. The molecule has 0 aliphatic heterocycles. The molecule has 296 valence electrons. The van der Waals surface area contributed by atoms with Crippen LogP contribution in [-0.4, -0.2) is 18.9 Å². The van der Waals surface area contributed by atoms with E-state index in [0.29, 0.717) is 0 Å². The number of benzene rings is 11. The van der Waals surface area contributed by atoms with Crippen molar-refractivity contribution in [3.63, 3.8) is 0 Å². The van der Waals surface area contributed by atoms with Crippen LogP contribution in [0.3, 0.4) is 0 Å². The lowest BCUT2D eigenvalue weighted by atomic mass is 9.84. The van der Waals surface area contributed by atoms with Crippen LogP contribution in [-0.2, 0) is 0 Å². The molecule has 0 N–H and O–H groups in total. The van der Waals surface area contributed by atoms with Crippen molar-refractivity contribution >= 4 is 92.5 Å². The standard InChI is InChI=1S/C60H36N4/c1-3-15-39-33-43(27-25-37(39)13-1)57-47-18-5-6-19-48(47)58(44-28-26-38-14-2-4-16-40(38)34-44)51-35-41(30-32-49(51)57)42-29-31-46-45-17-8-11-23-54(45)63(56(46)36-42)60-62-52-21-9-7-20-50(52)59-61-53-22-10-12-24-55(53)64(59)60/h1-36H. The van der Waals surface area contributed by atoms with Gasteiger partial charge in [0, 0.05) is 16.2 Å². The van der Waals surface area contributed by atoms with Crippen molar-refractivity contribution < 1.29 is 0 Å². The second-order valence-corrected chi connectivity index (χ2v) is 17.0. The number of fused-ring (bicyclic) bond motifs is 12. The van der Waals surface area contributed by atoms with Gasteiger partial charge in [0.15, 0.2) is 0 Å². The number of hydrogen-bond acceptors (Lipinski definition) is 2. The molecule has 4 heteroatoms. The van der Waals surface area contributed by atoms with E-state index in [1.807, 2.05) is 0 Å². The van der Waals surface area contributed by atoms with Gasteiger partial charge in [-0.25, -0.2) is 9.97 Å². The first-order valence-electron chi connectivity index (χ1n) is 21.9. The molecule has 0 radical (unpaired) electrons. The van der Waals surface area contributed by atoms with E-state index < -0.39 is 0 Å². The van der Waals surface area contributed by atoms with Crippen molar-refractivity contribution in [3.05, 3.63) is 218 Å². The van der Waals surface area contributed by atoms with Crippen LogP contribution in [0.15, 0.2) is 218 Å². The maximum Gasteiger partial charge on any atom is 0.221 e. The van der Waals surface area contributed by atoms with Crippen LogP contribution in [0, 0.1) is 0 Å². The summed E-state index contributed by atoms with van der Waals surface area (Å²) in [5.41, 5.74) is 13.2. The molecule has 14 aromatic rings. The summed E-state index contributed by atoms with van der Waals surface area (Å²) in [6, 6.07) is 79.6. The average molecular weight is 813 g/mol. The van der Waals surface area contributed by atoms with Crippen LogP contribution in [0.2, 0.25) is 0 Å². The zero-order valence-electron chi connectivity index (χ0n) is 34.6. The highest BCUT2D eigenvalue weighted by atomic mass is 15.2. The molecule has 0 amide bonds. The van der Waals surface area contributed by atoms with Crippen molar-refractivity contribution in [1.82, 2.24) is 18.9 Å². The van der Waals surface area contributed by atoms with Crippen LogP contribution in [0.5, 0.6) is 0 Å². The first kappa shape index (κ1) is 35.0. The largest absolute Gasteiger partial charge is 0.279 e. The number of hydrogen-bond donors (Lipinski definition) is 0. The summed E-state index contributed by atoms with van der Waals surface area (Å²) in [4.78, 5) is 10.6. The molecule has 64 heavy (non-hydrogen) atoms. The molecule has 0 bridgehead atoms. The third-order valence-corrected chi connectivity index (χ3v) is 13.4. The summed E-state index contributed by atoms with van der Waals surface area (Å²) in [6.45, 7) is 0. The zero-order valence-corrected chi connectivity index (χ0v) is 34.6. The third-order valence-electron chi connectivity index (χ3n) is 13.4. The second kappa shape index (κ2) is 13.4. The van der Waals surface area contributed by atoms with Gasteiger partial charge in [0.1, 0.15) is 5.65 Å². The monoisotopic (exact) mass is 812 g/mol. The third kappa shape index (κ3) is 5.11. The highest BCUT2D eigenvalue weighted by Gasteiger charge is 2.22. The fourth-order valence-corrected chi connectivity index (χ4v) is 10.5. The molecule has 0 aliphatic carbocycles. The van der Waals surface area contributed by atoms with E-state index >= 15 is 0 Å². The Hall–Kier alpha value is -8.60. The Morgan fingerprint density at radius 3 is 1.47 bits per heavy atom. The van der Waals surface area contributed by atoms with Crippen molar-refractivity contribution in [2.24, 2.45) is 0 Å². The van der Waals surface area contributed by atoms with E-state index in [-0.39, 0.29) is 0 Å². The van der Waals surface area contributed by atoms with Crippen LogP contribution < -0.4 is 0 Å². The lowest BCUT2D eigenvalue weighted by Crippen LogP contribution is -2.06. The second-order valence-electron chi connectivity index (χ2n) is 17.0. The molecule has 0 saturated heterocycles. The topological polar surface area (TPSA) is 35.1 Å². The van der Waals surface area contributed by atoms with Crippen LogP contribution in [0.25, 0.3) is 132 Å². The number of rotatable bonds is 4. The van der Waals surface area contributed by atoms with Crippen molar-refractivity contribution in [2.45, 2.75) is 0 Å². The minimum Gasteiger partial charge on any atom is -0.279 e. The van der Waals surface area contributed by atoms with E-state index in [9.17, 15) is 0 Å². The van der Waals surface area contributed by atoms with Gasteiger partial charge in [-0.3, -0.25) is 8.97 Å². The Labute approximate surface area is 367 Å². The molecule has 0 fully saturated rings. The van der Waals surface area contributed by atoms with Gasteiger partial charge in [-0.1, -0.05) is 164 Å². The molecule has 4 nitrogen and oxygen atoms in total. The molecule has 3 heterocycles. The predicted molar refractivity (Wildman–Crippen MR) is 269 cm³/mol. The van der Waals surface area contributed by atoms with Gasteiger partial charge in [0.25, 0.3) is 0 Å². The maximum absolute atomic E-state index is 5.45. The molecule has 14 rings (SSSR count). The molecule has 0 atom stereocenters. The van der Waals surface area contributed by atoms with Gasteiger partial charge < -0.3 is 0 Å². The Balaban J connectivity index is 1.06. The normalized spacial score (nSPS) is 12.1. The lowest BCUT2D eigenvalue weighted by Gasteiger charge is -2.19. The minimum absolute atomic E-state index is 0.814. The Morgan fingerprint density at radius 1 is 0.281 bits per heavy atom. The van der Waals surface area contributed by atoms with E-state index in [2.05, 4.69) is 227 Å². The molecular weight excluding hydrogens is 777 g/mol. The fourth-order valence-electron chi connectivity index (χ4n) is 10.5. The van der Waals surface area contributed by atoms with E-state index in [1.54, 1.807) is 0 Å². The molecule has 0 spiro atoms. The Morgan fingerprint density at radius 2 is 0.766 bits per heavy atom. The highest BCUT2D eigenvalue weighted by molar-refractivity contribution is 6.23. The van der Waals surface area contributed by atoms with Crippen LogP contribution >= 0.6 is 0 Å². The van der Waals surface area contributed by atoms with Gasteiger partial charge >= 0.3 is 0 Å². The Kier molecular flexibility index (Phi) is 7.36. The van der Waals surface area contributed by atoms with Crippen molar-refractivity contribution in [3.8, 4) is 39.3 Å². The van der Waals surface area contributed by atoms with Gasteiger partial charge in [-0.15, -0.1) is 0 Å². The van der Waals surface area contributed by atoms with Gasteiger partial charge in [0.05, 0.1) is 27.6 Å². The average Bonchev–Trinajstić information content (AvgIpc) is 3.91. The summed E-state index contributed by atoms with van der Waals surface area (Å²) < 4.78 is 4.58. The van der Waals surface area contributed by atoms with Crippen LogP contribution in [0.4, 0.5) is 0 Å².